The van der Waals surface area contributed by atoms with Gasteiger partial charge in [-0.15, -0.1) is 17.9 Å². The number of fused-ring (bicyclic) bond motifs is 1. The number of amides is 1. The van der Waals surface area contributed by atoms with Crippen molar-refractivity contribution >= 4 is 17.2 Å². The monoisotopic (exact) mass is 494 g/mol. The van der Waals surface area contributed by atoms with Crippen molar-refractivity contribution in [3.8, 4) is 5.75 Å². The molecule has 1 N–H and O–H groups in total. The first-order chi connectivity index (χ1) is 17.0. The Morgan fingerprint density at radius 3 is 2.74 bits per heavy atom. The normalized spacial score (nSPS) is 16.1. The summed E-state index contributed by atoms with van der Waals surface area (Å²) in [6, 6.07) is 17.6. The van der Waals surface area contributed by atoms with E-state index < -0.39 is 6.10 Å². The number of hydrogen-bond donors (Lipinski definition) is 1. The third-order valence-electron chi connectivity index (χ3n) is 6.17. The van der Waals surface area contributed by atoms with Gasteiger partial charge < -0.3 is 14.7 Å². The molecule has 1 aromatic heterocycles. The molecule has 35 heavy (non-hydrogen) atoms. The second kappa shape index (κ2) is 12.1. The molecule has 0 radical (unpaired) electrons. The Morgan fingerprint density at radius 1 is 1.23 bits per heavy atom. The maximum absolute atomic E-state index is 13.5. The van der Waals surface area contributed by atoms with E-state index >= 15 is 0 Å². The number of thiophene rings is 1. The molecule has 0 spiro atoms. The van der Waals surface area contributed by atoms with E-state index in [1.54, 1.807) is 29.5 Å². The van der Waals surface area contributed by atoms with Crippen molar-refractivity contribution in [3.05, 3.63) is 101 Å². The van der Waals surface area contributed by atoms with Crippen molar-refractivity contribution in [2.24, 2.45) is 0 Å². The van der Waals surface area contributed by atoms with Crippen LogP contribution in [0.3, 0.4) is 0 Å². The number of carbonyl (C=O) groups excluding carboxylic acids is 1. The summed E-state index contributed by atoms with van der Waals surface area (Å²) >= 11 is 1.70. The summed E-state index contributed by atoms with van der Waals surface area (Å²) in [6.07, 6.45) is 2.50. The van der Waals surface area contributed by atoms with Gasteiger partial charge in [-0.2, -0.15) is 0 Å². The summed E-state index contributed by atoms with van der Waals surface area (Å²) in [5, 5.41) is 12.7. The number of nitrogens with zero attached hydrogens (tertiary/aromatic N) is 2. The average Bonchev–Trinajstić information content (AvgIpc) is 3.33. The van der Waals surface area contributed by atoms with E-state index in [2.05, 4.69) is 12.6 Å². The number of carbonyl (C=O) groups is 1. The molecule has 0 bridgehead atoms. The van der Waals surface area contributed by atoms with Gasteiger partial charge in [-0.1, -0.05) is 36.4 Å². The van der Waals surface area contributed by atoms with Crippen LogP contribution in [0.15, 0.2) is 78.7 Å². The van der Waals surface area contributed by atoms with Gasteiger partial charge in [0, 0.05) is 24.5 Å². The second-order valence-corrected chi connectivity index (χ2v) is 9.74. The standard InChI is InChI=1S/C28H31FN2O3S/c1-2-14-30(18-23(32)17-21-6-4-3-5-7-21)19-28(33)31-15-12-27-25(13-16-35-27)26(31)20-34-24-10-8-22(29)9-11-24/h2-11,13,16,23,26,32H,1,12,14-15,17-20H2. The van der Waals surface area contributed by atoms with Gasteiger partial charge in [0.2, 0.25) is 5.91 Å². The molecule has 184 valence electrons. The van der Waals surface area contributed by atoms with Crippen LogP contribution in [-0.4, -0.2) is 59.7 Å². The van der Waals surface area contributed by atoms with Gasteiger partial charge in [0.05, 0.1) is 18.7 Å². The Balaban J connectivity index is 1.42. The second-order valence-electron chi connectivity index (χ2n) is 8.74. The molecule has 0 saturated heterocycles. The van der Waals surface area contributed by atoms with Crippen LogP contribution in [0.5, 0.6) is 5.75 Å². The first-order valence-corrected chi connectivity index (χ1v) is 12.7. The Hall–Kier alpha value is -3.00. The van der Waals surface area contributed by atoms with E-state index in [9.17, 15) is 14.3 Å². The molecule has 1 aliphatic rings. The molecule has 5 nitrogen and oxygen atoms in total. The zero-order chi connectivity index (χ0) is 24.6. The minimum Gasteiger partial charge on any atom is -0.491 e. The number of benzene rings is 2. The average molecular weight is 495 g/mol. The molecule has 2 aromatic carbocycles. The van der Waals surface area contributed by atoms with Crippen molar-refractivity contribution in [3.63, 3.8) is 0 Å². The van der Waals surface area contributed by atoms with E-state index in [4.69, 9.17) is 4.74 Å². The molecule has 2 heterocycles. The van der Waals surface area contributed by atoms with Crippen LogP contribution in [0.2, 0.25) is 0 Å². The third-order valence-corrected chi connectivity index (χ3v) is 7.16. The van der Waals surface area contributed by atoms with Gasteiger partial charge in [-0.05, 0) is 59.7 Å². The summed E-state index contributed by atoms with van der Waals surface area (Å²) in [5.74, 6) is 0.241. The van der Waals surface area contributed by atoms with E-state index in [-0.39, 0.29) is 24.3 Å². The minimum absolute atomic E-state index is 0.0108. The predicted molar refractivity (Wildman–Crippen MR) is 137 cm³/mol. The predicted octanol–water partition coefficient (Wildman–Crippen LogP) is 4.48. The van der Waals surface area contributed by atoms with Gasteiger partial charge in [0.15, 0.2) is 0 Å². The summed E-state index contributed by atoms with van der Waals surface area (Å²) in [6.45, 7) is 5.79. The molecule has 2 unspecified atom stereocenters. The number of ether oxygens (including phenoxy) is 1. The number of rotatable bonds is 11. The van der Waals surface area contributed by atoms with Crippen LogP contribution < -0.4 is 4.74 Å². The van der Waals surface area contributed by atoms with Crippen molar-refractivity contribution in [1.29, 1.82) is 0 Å². The quantitative estimate of drug-likeness (QED) is 0.399. The summed E-state index contributed by atoms with van der Waals surface area (Å²) in [7, 11) is 0. The van der Waals surface area contributed by atoms with Crippen molar-refractivity contribution in [2.75, 3.05) is 32.8 Å². The van der Waals surface area contributed by atoms with Crippen LogP contribution in [0.1, 0.15) is 22.0 Å². The molecule has 3 aromatic rings. The molecule has 0 saturated carbocycles. The molecular weight excluding hydrogens is 463 g/mol. The molecule has 0 fully saturated rings. The molecule has 0 aliphatic carbocycles. The largest absolute Gasteiger partial charge is 0.491 e. The highest BCUT2D eigenvalue weighted by Gasteiger charge is 2.33. The lowest BCUT2D eigenvalue weighted by Crippen LogP contribution is -2.48. The highest BCUT2D eigenvalue weighted by molar-refractivity contribution is 7.10. The fraction of sp³-hybridized carbons (Fsp3) is 0.321. The number of hydrogen-bond acceptors (Lipinski definition) is 5. The van der Waals surface area contributed by atoms with Gasteiger partial charge in [0.1, 0.15) is 18.2 Å². The van der Waals surface area contributed by atoms with Crippen molar-refractivity contribution in [1.82, 2.24) is 9.80 Å². The smallest absolute Gasteiger partial charge is 0.237 e. The fourth-order valence-electron chi connectivity index (χ4n) is 4.50. The van der Waals surface area contributed by atoms with Crippen molar-refractivity contribution in [2.45, 2.75) is 25.0 Å². The first kappa shape index (κ1) is 25.1. The molecule has 2 atom stereocenters. The highest BCUT2D eigenvalue weighted by atomic mass is 32.1. The first-order valence-electron chi connectivity index (χ1n) is 11.8. The molecule has 4 rings (SSSR count). The zero-order valence-electron chi connectivity index (χ0n) is 19.7. The van der Waals surface area contributed by atoms with E-state index in [0.717, 1.165) is 17.5 Å². The number of aliphatic hydroxyl groups is 1. The molecule has 1 aliphatic heterocycles. The zero-order valence-corrected chi connectivity index (χ0v) is 20.5. The van der Waals surface area contributed by atoms with E-state index in [1.165, 1.54) is 17.0 Å². The molecule has 7 heteroatoms. The number of halogens is 1. The lowest BCUT2D eigenvalue weighted by Gasteiger charge is -2.37. The SMILES string of the molecule is C=CCN(CC(=O)N1CCc2sccc2C1COc1ccc(F)cc1)CC(O)Cc1ccccc1. The van der Waals surface area contributed by atoms with Gasteiger partial charge in [0.25, 0.3) is 0 Å². The van der Waals surface area contributed by atoms with Crippen LogP contribution in [-0.2, 0) is 17.6 Å². The fourth-order valence-corrected chi connectivity index (χ4v) is 5.43. The summed E-state index contributed by atoms with van der Waals surface area (Å²) in [4.78, 5) is 18.6. The van der Waals surface area contributed by atoms with Gasteiger partial charge >= 0.3 is 0 Å². The minimum atomic E-state index is -0.590. The van der Waals surface area contributed by atoms with Crippen LogP contribution in [0.25, 0.3) is 0 Å². The summed E-state index contributed by atoms with van der Waals surface area (Å²) in [5.41, 5.74) is 2.17. The Kier molecular flexibility index (Phi) is 8.69. The van der Waals surface area contributed by atoms with Gasteiger partial charge in [-0.25, -0.2) is 4.39 Å². The maximum Gasteiger partial charge on any atom is 0.237 e. The van der Waals surface area contributed by atoms with Gasteiger partial charge in [-0.3, -0.25) is 9.69 Å². The van der Waals surface area contributed by atoms with Crippen LogP contribution >= 0.6 is 11.3 Å². The Labute approximate surface area is 210 Å². The Morgan fingerprint density at radius 2 is 2.00 bits per heavy atom. The van der Waals surface area contributed by atoms with E-state index in [1.807, 2.05) is 45.5 Å². The topological polar surface area (TPSA) is 53.0 Å². The lowest BCUT2D eigenvalue weighted by molar-refractivity contribution is -0.136. The van der Waals surface area contributed by atoms with Crippen molar-refractivity contribution < 1.29 is 19.0 Å². The van der Waals surface area contributed by atoms with Crippen LogP contribution in [0, 0.1) is 5.82 Å². The van der Waals surface area contributed by atoms with E-state index in [0.29, 0.717) is 38.4 Å². The van der Waals surface area contributed by atoms with Crippen LogP contribution in [0.4, 0.5) is 4.39 Å². The summed E-state index contributed by atoms with van der Waals surface area (Å²) < 4.78 is 19.2. The third kappa shape index (κ3) is 6.78. The number of aliphatic hydroxyl groups excluding tert-OH is 1. The highest BCUT2D eigenvalue weighted by Crippen LogP contribution is 2.34. The maximum atomic E-state index is 13.5. The molecule has 1 amide bonds. The molecular formula is C28H31FN2O3S. The Bertz CT molecular complexity index is 1100. The lowest BCUT2D eigenvalue weighted by atomic mass is 10.0.